The summed E-state index contributed by atoms with van der Waals surface area (Å²) in [6.45, 7) is 2.49. The van der Waals surface area contributed by atoms with Crippen molar-refractivity contribution in [3.8, 4) is 0 Å². The Bertz CT molecular complexity index is 659. The van der Waals surface area contributed by atoms with Gasteiger partial charge >= 0.3 is 0 Å². The Kier molecular flexibility index (Phi) is 5.91. The smallest absolute Gasteiger partial charge is 0.252 e. The van der Waals surface area contributed by atoms with Crippen molar-refractivity contribution in [1.29, 1.82) is 0 Å². The zero-order valence-electron chi connectivity index (χ0n) is 13.7. The lowest BCUT2D eigenvalue weighted by atomic mass is 10.2. The van der Waals surface area contributed by atoms with Gasteiger partial charge in [-0.15, -0.1) is 11.3 Å². The summed E-state index contributed by atoms with van der Waals surface area (Å²) in [5.74, 6) is -0.0886. The second kappa shape index (κ2) is 7.95. The number of piperidine rings is 1. The molecule has 1 amide bonds. The minimum Gasteiger partial charge on any atom is -0.376 e. The lowest BCUT2D eigenvalue weighted by Crippen LogP contribution is -2.35. The summed E-state index contributed by atoms with van der Waals surface area (Å²) in [7, 11) is -3.40. The van der Waals surface area contributed by atoms with Crippen LogP contribution >= 0.6 is 11.3 Å². The number of sulfonamides is 1. The molecule has 0 radical (unpaired) electrons. The Morgan fingerprint density at radius 1 is 1.25 bits per heavy atom. The van der Waals surface area contributed by atoms with Crippen molar-refractivity contribution in [3.63, 3.8) is 0 Å². The predicted molar refractivity (Wildman–Crippen MR) is 92.6 cm³/mol. The third-order valence-corrected chi connectivity index (χ3v) is 7.88. The minimum absolute atomic E-state index is 0.0886. The van der Waals surface area contributed by atoms with E-state index in [1.807, 2.05) is 0 Å². The van der Waals surface area contributed by atoms with E-state index in [4.69, 9.17) is 4.74 Å². The summed E-state index contributed by atoms with van der Waals surface area (Å²) < 4.78 is 32.6. The number of nitrogens with one attached hydrogen (secondary N) is 1. The first-order valence-electron chi connectivity index (χ1n) is 8.53. The third-order valence-electron chi connectivity index (χ3n) is 4.43. The van der Waals surface area contributed by atoms with E-state index in [0.29, 0.717) is 23.8 Å². The van der Waals surface area contributed by atoms with Gasteiger partial charge in [0.1, 0.15) is 4.21 Å². The standard InChI is InChI=1S/C16H24N2O4S2/c19-15(17-12-13-5-4-10-22-13)11-14-6-7-16(23-14)24(20,21)18-8-2-1-3-9-18/h6-7,13H,1-5,8-12H2,(H,17,19). The summed E-state index contributed by atoms with van der Waals surface area (Å²) in [5.41, 5.74) is 0. The molecule has 6 nitrogen and oxygen atoms in total. The molecule has 0 saturated carbocycles. The van der Waals surface area contributed by atoms with Crippen LogP contribution in [0.15, 0.2) is 16.3 Å². The first-order valence-corrected chi connectivity index (χ1v) is 10.8. The second-order valence-electron chi connectivity index (χ2n) is 6.30. The maximum absolute atomic E-state index is 12.6. The van der Waals surface area contributed by atoms with E-state index >= 15 is 0 Å². The molecule has 0 aliphatic carbocycles. The van der Waals surface area contributed by atoms with Gasteiger partial charge in [-0.25, -0.2) is 8.42 Å². The summed E-state index contributed by atoms with van der Waals surface area (Å²) in [6.07, 6.45) is 5.29. The van der Waals surface area contributed by atoms with E-state index < -0.39 is 10.0 Å². The van der Waals surface area contributed by atoms with Crippen molar-refractivity contribution in [3.05, 3.63) is 17.0 Å². The quantitative estimate of drug-likeness (QED) is 0.826. The highest BCUT2D eigenvalue weighted by Gasteiger charge is 2.27. The molecule has 134 valence electrons. The average molecular weight is 373 g/mol. The van der Waals surface area contributed by atoms with Crippen LogP contribution in [0.4, 0.5) is 0 Å². The molecule has 0 bridgehead atoms. The molecule has 1 N–H and O–H groups in total. The molecule has 2 aliphatic rings. The summed E-state index contributed by atoms with van der Waals surface area (Å²) >= 11 is 1.20. The van der Waals surface area contributed by atoms with Crippen molar-refractivity contribution in [2.24, 2.45) is 0 Å². The fourth-order valence-corrected chi connectivity index (χ4v) is 6.10. The van der Waals surface area contributed by atoms with E-state index in [0.717, 1.165) is 43.6 Å². The van der Waals surface area contributed by atoms with Gasteiger partial charge in [0.15, 0.2) is 0 Å². The number of amides is 1. The van der Waals surface area contributed by atoms with Crippen LogP contribution in [-0.4, -0.2) is 51.0 Å². The maximum atomic E-state index is 12.6. The Labute approximate surface area is 147 Å². The molecule has 1 unspecified atom stereocenters. The molecule has 2 aliphatic heterocycles. The molecule has 2 fully saturated rings. The Hall–Kier alpha value is -0.960. The largest absolute Gasteiger partial charge is 0.376 e. The summed E-state index contributed by atoms with van der Waals surface area (Å²) in [6, 6.07) is 3.37. The lowest BCUT2D eigenvalue weighted by molar-refractivity contribution is -0.120. The predicted octanol–water partition coefficient (Wildman–Crippen LogP) is 1.76. The van der Waals surface area contributed by atoms with Crippen molar-refractivity contribution in [1.82, 2.24) is 9.62 Å². The van der Waals surface area contributed by atoms with Crippen LogP contribution in [0.25, 0.3) is 0 Å². The lowest BCUT2D eigenvalue weighted by Gasteiger charge is -2.25. The highest BCUT2D eigenvalue weighted by Crippen LogP contribution is 2.27. The van der Waals surface area contributed by atoms with E-state index in [-0.39, 0.29) is 18.4 Å². The molecule has 2 saturated heterocycles. The Morgan fingerprint density at radius 2 is 2.04 bits per heavy atom. The van der Waals surface area contributed by atoms with E-state index in [1.54, 1.807) is 16.4 Å². The highest BCUT2D eigenvalue weighted by molar-refractivity contribution is 7.91. The minimum atomic E-state index is -3.40. The van der Waals surface area contributed by atoms with Crippen LogP contribution in [0.1, 0.15) is 37.0 Å². The van der Waals surface area contributed by atoms with Crippen molar-refractivity contribution >= 4 is 27.3 Å². The second-order valence-corrected chi connectivity index (χ2v) is 9.63. The molecule has 1 aromatic rings. The van der Waals surface area contributed by atoms with Gasteiger partial charge in [-0.2, -0.15) is 4.31 Å². The Morgan fingerprint density at radius 3 is 2.75 bits per heavy atom. The van der Waals surface area contributed by atoms with Crippen LogP contribution < -0.4 is 5.32 Å². The molecule has 0 spiro atoms. The molecule has 1 aromatic heterocycles. The van der Waals surface area contributed by atoms with Crippen molar-refractivity contribution in [2.45, 2.75) is 48.8 Å². The number of hydrogen-bond acceptors (Lipinski definition) is 5. The number of carbonyl (C=O) groups is 1. The maximum Gasteiger partial charge on any atom is 0.252 e. The molecule has 3 heterocycles. The topological polar surface area (TPSA) is 75.7 Å². The zero-order chi connectivity index (χ0) is 17.0. The van der Waals surface area contributed by atoms with E-state index in [1.165, 1.54) is 11.3 Å². The van der Waals surface area contributed by atoms with E-state index in [2.05, 4.69) is 5.32 Å². The third kappa shape index (κ3) is 4.36. The van der Waals surface area contributed by atoms with Gasteiger partial charge < -0.3 is 10.1 Å². The van der Waals surface area contributed by atoms with Crippen molar-refractivity contribution < 1.29 is 17.9 Å². The number of nitrogens with zero attached hydrogens (tertiary/aromatic N) is 1. The zero-order valence-corrected chi connectivity index (χ0v) is 15.3. The van der Waals surface area contributed by atoms with Gasteiger partial charge in [-0.1, -0.05) is 6.42 Å². The van der Waals surface area contributed by atoms with Gasteiger partial charge in [-0.05, 0) is 37.8 Å². The van der Waals surface area contributed by atoms with Crippen LogP contribution in [0.5, 0.6) is 0 Å². The number of ether oxygens (including phenoxy) is 1. The first kappa shape index (κ1) is 17.8. The fourth-order valence-electron chi connectivity index (χ4n) is 3.08. The molecular formula is C16H24N2O4S2. The first-order chi connectivity index (χ1) is 11.6. The van der Waals surface area contributed by atoms with Gasteiger partial charge in [0.25, 0.3) is 10.0 Å². The molecular weight excluding hydrogens is 348 g/mol. The summed E-state index contributed by atoms with van der Waals surface area (Å²) in [4.78, 5) is 12.8. The summed E-state index contributed by atoms with van der Waals surface area (Å²) in [5, 5.41) is 2.87. The SMILES string of the molecule is O=C(Cc1ccc(S(=O)(=O)N2CCCCC2)s1)NCC1CCCO1. The average Bonchev–Trinajstić information content (AvgIpc) is 3.26. The van der Waals surface area contributed by atoms with Crippen LogP contribution in [0, 0.1) is 0 Å². The van der Waals surface area contributed by atoms with Gasteiger partial charge in [-0.3, -0.25) is 4.79 Å². The van der Waals surface area contributed by atoms with Crippen molar-refractivity contribution in [2.75, 3.05) is 26.2 Å². The van der Waals surface area contributed by atoms with Gasteiger partial charge in [0, 0.05) is 31.1 Å². The number of carbonyl (C=O) groups excluding carboxylic acids is 1. The molecule has 3 rings (SSSR count). The van der Waals surface area contributed by atoms with Gasteiger partial charge in [0.2, 0.25) is 5.91 Å². The van der Waals surface area contributed by atoms with E-state index in [9.17, 15) is 13.2 Å². The monoisotopic (exact) mass is 372 g/mol. The highest BCUT2D eigenvalue weighted by atomic mass is 32.2. The van der Waals surface area contributed by atoms with Gasteiger partial charge in [0.05, 0.1) is 12.5 Å². The van der Waals surface area contributed by atoms with Crippen LogP contribution in [0.2, 0.25) is 0 Å². The fraction of sp³-hybridized carbons (Fsp3) is 0.688. The molecule has 0 aromatic carbocycles. The van der Waals surface area contributed by atoms with Crippen LogP contribution in [0.3, 0.4) is 0 Å². The molecule has 8 heteroatoms. The Balaban J connectivity index is 1.55. The number of hydrogen-bond donors (Lipinski definition) is 1. The molecule has 24 heavy (non-hydrogen) atoms. The molecule has 1 atom stereocenters. The van der Waals surface area contributed by atoms with Crippen LogP contribution in [-0.2, 0) is 26.0 Å². The normalized spacial score (nSPS) is 22.6. The number of thiophene rings is 1. The number of rotatable bonds is 6.